The van der Waals surface area contributed by atoms with Gasteiger partial charge in [-0.15, -0.1) is 24.8 Å². The number of unbranched alkanes of at least 4 members (excludes halogenated alkanes) is 1. The molecule has 1 aliphatic heterocycles. The van der Waals surface area contributed by atoms with Crippen LogP contribution in [0, 0.1) is 13.8 Å². The summed E-state index contributed by atoms with van der Waals surface area (Å²) in [4.78, 5) is 17.7. The number of nitrogens with two attached hydrogens (primary N) is 1. The molecule has 1 aliphatic rings. The number of carbonyl (C=O) groups excluding carboxylic acids is 1. The molecule has 1 fully saturated rings. The molecule has 0 bridgehead atoms. The van der Waals surface area contributed by atoms with E-state index >= 15 is 0 Å². The van der Waals surface area contributed by atoms with Crippen LogP contribution in [0.2, 0.25) is 0 Å². The average Bonchev–Trinajstić information content (AvgIpc) is 2.61. The number of hydrogen-bond donors (Lipinski definition) is 2. The molecule has 0 aliphatic carbocycles. The molecule has 1 saturated heterocycles. The van der Waals surface area contributed by atoms with Crippen LogP contribution in [0.4, 0.5) is 0 Å². The van der Waals surface area contributed by atoms with E-state index in [4.69, 9.17) is 5.73 Å². The Kier molecular flexibility index (Phi) is 12.7. The zero-order valence-electron chi connectivity index (χ0n) is 16.7. The Labute approximate surface area is 182 Å². The van der Waals surface area contributed by atoms with Gasteiger partial charge in [-0.05, 0) is 37.5 Å². The Bertz CT molecular complexity index is 588. The monoisotopic (exact) mass is 435 g/mol. The summed E-state index contributed by atoms with van der Waals surface area (Å²) in [6.07, 6.45) is 3.35. The van der Waals surface area contributed by atoms with Crippen LogP contribution in [0.3, 0.4) is 0 Å². The number of aryl methyl sites for hydroxylation is 1. The molecule has 0 saturated carbocycles. The SMILES string of the molecule is CCCC[C@H]1CN(C[C@@H](N)CS)CCN1C(=O)c1cccc(C)c1C.Cl.Cl. The van der Waals surface area contributed by atoms with E-state index in [2.05, 4.69) is 42.3 Å². The van der Waals surface area contributed by atoms with Crippen molar-refractivity contribution in [2.75, 3.05) is 31.9 Å². The van der Waals surface area contributed by atoms with Gasteiger partial charge in [0.2, 0.25) is 0 Å². The van der Waals surface area contributed by atoms with Gasteiger partial charge < -0.3 is 10.6 Å². The van der Waals surface area contributed by atoms with Crippen LogP contribution in [0.15, 0.2) is 18.2 Å². The maximum absolute atomic E-state index is 13.2. The minimum atomic E-state index is 0. The van der Waals surface area contributed by atoms with Gasteiger partial charge in [-0.3, -0.25) is 9.69 Å². The van der Waals surface area contributed by atoms with E-state index in [1.807, 2.05) is 19.1 Å². The highest BCUT2D eigenvalue weighted by Crippen LogP contribution is 2.21. The lowest BCUT2D eigenvalue weighted by Gasteiger charge is -2.42. The maximum atomic E-state index is 13.2. The molecule has 1 aromatic rings. The molecule has 2 rings (SSSR count). The van der Waals surface area contributed by atoms with E-state index in [0.29, 0.717) is 5.75 Å². The third-order valence-electron chi connectivity index (χ3n) is 5.28. The second kappa shape index (κ2) is 12.9. The summed E-state index contributed by atoms with van der Waals surface area (Å²) < 4.78 is 0. The number of thiol groups is 1. The number of carbonyl (C=O) groups is 1. The van der Waals surface area contributed by atoms with Crippen molar-refractivity contribution in [2.24, 2.45) is 5.73 Å². The maximum Gasteiger partial charge on any atom is 0.254 e. The van der Waals surface area contributed by atoms with Crippen molar-refractivity contribution < 1.29 is 4.79 Å². The fourth-order valence-corrected chi connectivity index (χ4v) is 3.68. The third kappa shape index (κ3) is 7.13. The highest BCUT2D eigenvalue weighted by Gasteiger charge is 2.31. The molecule has 1 amide bonds. The molecule has 2 N–H and O–H groups in total. The first-order chi connectivity index (χ1) is 12.0. The largest absolute Gasteiger partial charge is 0.333 e. The quantitative estimate of drug-likeness (QED) is 0.641. The number of amides is 1. The molecule has 1 aromatic carbocycles. The number of rotatable bonds is 7. The van der Waals surface area contributed by atoms with E-state index in [9.17, 15) is 4.79 Å². The standard InChI is InChI=1S/C20H33N3OS.2ClH/c1-4-5-8-18-13-22(12-17(21)14-25)10-11-23(18)20(24)19-9-6-7-15(2)16(19)3;;/h6-7,9,17-18,25H,4-5,8,10-14,21H2,1-3H3;2*1H/t17-,18+;;/m1../s1. The predicted octanol–water partition coefficient (Wildman–Crippen LogP) is 3.72. The van der Waals surface area contributed by atoms with Crippen molar-refractivity contribution in [2.45, 2.75) is 52.1 Å². The van der Waals surface area contributed by atoms with Crippen molar-refractivity contribution in [1.29, 1.82) is 0 Å². The lowest BCUT2D eigenvalue weighted by Crippen LogP contribution is -2.57. The molecule has 0 spiro atoms. The van der Waals surface area contributed by atoms with Crippen molar-refractivity contribution in [3.63, 3.8) is 0 Å². The van der Waals surface area contributed by atoms with E-state index in [-0.39, 0.29) is 42.8 Å². The molecular formula is C20H35Cl2N3OS. The first kappa shape index (κ1) is 26.5. The number of piperazine rings is 1. The second-order valence-corrected chi connectivity index (χ2v) is 7.61. The summed E-state index contributed by atoms with van der Waals surface area (Å²) in [5.41, 5.74) is 9.20. The zero-order valence-corrected chi connectivity index (χ0v) is 19.2. The Balaban J connectivity index is 0.00000338. The minimum absolute atomic E-state index is 0. The molecule has 0 radical (unpaired) electrons. The van der Waals surface area contributed by atoms with Crippen molar-refractivity contribution >= 4 is 43.4 Å². The normalized spacial score (nSPS) is 18.4. The molecule has 0 aromatic heterocycles. The lowest BCUT2D eigenvalue weighted by atomic mass is 9.99. The molecule has 156 valence electrons. The van der Waals surface area contributed by atoms with Crippen molar-refractivity contribution in [1.82, 2.24) is 9.80 Å². The van der Waals surface area contributed by atoms with Gasteiger partial charge in [0, 0.05) is 49.6 Å². The number of halogens is 2. The summed E-state index contributed by atoms with van der Waals surface area (Å²) >= 11 is 4.30. The molecule has 27 heavy (non-hydrogen) atoms. The van der Waals surface area contributed by atoms with Crippen LogP contribution in [-0.4, -0.2) is 59.7 Å². The average molecular weight is 436 g/mol. The van der Waals surface area contributed by atoms with Crippen LogP contribution < -0.4 is 5.73 Å². The second-order valence-electron chi connectivity index (χ2n) is 7.24. The van der Waals surface area contributed by atoms with E-state index in [1.165, 1.54) is 5.56 Å². The number of hydrogen-bond acceptors (Lipinski definition) is 4. The fourth-order valence-electron chi connectivity index (χ4n) is 3.57. The Morgan fingerprint density at radius 1 is 1.30 bits per heavy atom. The molecule has 4 nitrogen and oxygen atoms in total. The summed E-state index contributed by atoms with van der Waals surface area (Å²) in [5, 5.41) is 0. The van der Waals surface area contributed by atoms with Crippen LogP contribution in [0.5, 0.6) is 0 Å². The smallest absolute Gasteiger partial charge is 0.254 e. The van der Waals surface area contributed by atoms with Gasteiger partial charge in [0.25, 0.3) is 5.91 Å². The van der Waals surface area contributed by atoms with Crippen LogP contribution in [0.1, 0.15) is 47.7 Å². The van der Waals surface area contributed by atoms with Gasteiger partial charge in [0.15, 0.2) is 0 Å². The topological polar surface area (TPSA) is 49.6 Å². The van der Waals surface area contributed by atoms with E-state index in [0.717, 1.165) is 56.6 Å². The number of benzene rings is 1. The highest BCUT2D eigenvalue weighted by molar-refractivity contribution is 7.80. The van der Waals surface area contributed by atoms with Gasteiger partial charge >= 0.3 is 0 Å². The van der Waals surface area contributed by atoms with Gasteiger partial charge in [-0.1, -0.05) is 31.9 Å². The summed E-state index contributed by atoms with van der Waals surface area (Å²) in [7, 11) is 0. The van der Waals surface area contributed by atoms with Crippen molar-refractivity contribution in [3.8, 4) is 0 Å². The summed E-state index contributed by atoms with van der Waals surface area (Å²) in [6.45, 7) is 9.76. The fraction of sp³-hybridized carbons (Fsp3) is 0.650. The van der Waals surface area contributed by atoms with Crippen LogP contribution >= 0.6 is 37.4 Å². The predicted molar refractivity (Wildman–Crippen MR) is 123 cm³/mol. The molecule has 7 heteroatoms. The molecule has 2 atom stereocenters. The van der Waals surface area contributed by atoms with Gasteiger partial charge in [-0.25, -0.2) is 0 Å². The third-order valence-corrected chi connectivity index (χ3v) is 5.75. The summed E-state index contributed by atoms with van der Waals surface area (Å²) in [6, 6.07) is 6.38. The summed E-state index contributed by atoms with van der Waals surface area (Å²) in [5.74, 6) is 0.877. The number of nitrogens with zero attached hydrogens (tertiary/aromatic N) is 2. The Hall–Kier alpha value is -0.460. The zero-order chi connectivity index (χ0) is 18.4. The van der Waals surface area contributed by atoms with Gasteiger partial charge in [-0.2, -0.15) is 12.6 Å². The minimum Gasteiger partial charge on any atom is -0.333 e. The van der Waals surface area contributed by atoms with Crippen LogP contribution in [0.25, 0.3) is 0 Å². The van der Waals surface area contributed by atoms with Gasteiger partial charge in [0.1, 0.15) is 0 Å². The first-order valence-corrected chi connectivity index (χ1v) is 10.1. The Morgan fingerprint density at radius 2 is 2.00 bits per heavy atom. The van der Waals surface area contributed by atoms with Gasteiger partial charge in [0.05, 0.1) is 0 Å². The van der Waals surface area contributed by atoms with Crippen molar-refractivity contribution in [3.05, 3.63) is 34.9 Å². The Morgan fingerprint density at radius 3 is 2.63 bits per heavy atom. The van der Waals surface area contributed by atoms with E-state index < -0.39 is 0 Å². The highest BCUT2D eigenvalue weighted by atomic mass is 35.5. The van der Waals surface area contributed by atoms with E-state index in [1.54, 1.807) is 0 Å². The first-order valence-electron chi connectivity index (χ1n) is 9.43. The lowest BCUT2D eigenvalue weighted by molar-refractivity contribution is 0.0423. The molecule has 0 unspecified atom stereocenters. The molecular weight excluding hydrogens is 401 g/mol. The van der Waals surface area contributed by atoms with Crippen LogP contribution in [-0.2, 0) is 0 Å². The molecule has 1 heterocycles.